The first-order valence-corrected chi connectivity index (χ1v) is 6.66. The van der Waals surface area contributed by atoms with Gasteiger partial charge in [-0.05, 0) is 37.1 Å². The molecule has 1 fully saturated rings. The van der Waals surface area contributed by atoms with E-state index >= 15 is 0 Å². The summed E-state index contributed by atoms with van der Waals surface area (Å²) in [5.41, 5.74) is 5.96. The molecule has 1 saturated heterocycles. The van der Waals surface area contributed by atoms with Crippen molar-refractivity contribution in [1.29, 1.82) is 0 Å². The number of carbonyl (C=O) groups excluding carboxylic acids is 2. The lowest BCUT2D eigenvalue weighted by atomic mass is 9.97. The number of amides is 3. The Morgan fingerprint density at radius 1 is 1.24 bits per heavy atom. The molecule has 1 aliphatic heterocycles. The van der Waals surface area contributed by atoms with E-state index in [0.717, 1.165) is 0 Å². The zero-order chi connectivity index (χ0) is 15.4. The quantitative estimate of drug-likeness (QED) is 0.774. The van der Waals surface area contributed by atoms with Crippen LogP contribution in [0.1, 0.15) is 23.2 Å². The fourth-order valence-electron chi connectivity index (χ4n) is 2.38. The Labute approximate surface area is 121 Å². The molecule has 3 amide bonds. The van der Waals surface area contributed by atoms with Gasteiger partial charge in [0, 0.05) is 24.3 Å². The largest absolute Gasteiger partial charge is 0.481 e. The molecule has 2 rings (SSSR count). The number of nitrogens with zero attached hydrogens (tertiary/aromatic N) is 1. The standard InChI is InChI=1S/C14H17N3O4/c15-14(21)16-11-5-3-9(4-6-11)12(18)17-7-1-2-10(8-17)13(19)20/h3-6,10H,1-2,7-8H2,(H,19,20)(H3,15,16,21)/t10-/m0/s1. The highest BCUT2D eigenvalue weighted by Crippen LogP contribution is 2.19. The summed E-state index contributed by atoms with van der Waals surface area (Å²) in [6.45, 7) is 0.791. The highest BCUT2D eigenvalue weighted by Gasteiger charge is 2.28. The Hall–Kier alpha value is -2.57. The highest BCUT2D eigenvalue weighted by molar-refractivity contribution is 5.95. The minimum atomic E-state index is -0.867. The van der Waals surface area contributed by atoms with Gasteiger partial charge in [-0.1, -0.05) is 0 Å². The number of nitrogens with one attached hydrogen (secondary N) is 1. The van der Waals surface area contributed by atoms with Crippen LogP contribution in [0.15, 0.2) is 24.3 Å². The maximum atomic E-state index is 12.3. The first-order valence-electron chi connectivity index (χ1n) is 6.66. The summed E-state index contributed by atoms with van der Waals surface area (Å²) in [6.07, 6.45) is 1.28. The molecule has 112 valence electrons. The van der Waals surface area contributed by atoms with Crippen molar-refractivity contribution < 1.29 is 19.5 Å². The van der Waals surface area contributed by atoms with E-state index in [4.69, 9.17) is 10.8 Å². The number of primary amides is 1. The van der Waals surface area contributed by atoms with Gasteiger partial charge in [-0.15, -0.1) is 0 Å². The van der Waals surface area contributed by atoms with Gasteiger partial charge in [0.2, 0.25) is 0 Å². The average Bonchev–Trinajstić information content (AvgIpc) is 2.47. The molecule has 7 heteroatoms. The highest BCUT2D eigenvalue weighted by atomic mass is 16.4. The second kappa shape index (κ2) is 6.25. The summed E-state index contributed by atoms with van der Waals surface area (Å²) >= 11 is 0. The Bertz CT molecular complexity index is 556. The van der Waals surface area contributed by atoms with Crippen LogP contribution in [0.2, 0.25) is 0 Å². The average molecular weight is 291 g/mol. The third-order valence-electron chi connectivity index (χ3n) is 3.46. The third kappa shape index (κ3) is 3.71. The molecule has 0 aromatic heterocycles. The van der Waals surface area contributed by atoms with Gasteiger partial charge in [-0.3, -0.25) is 9.59 Å². The smallest absolute Gasteiger partial charge is 0.316 e. The van der Waals surface area contributed by atoms with E-state index in [0.29, 0.717) is 30.6 Å². The summed E-state index contributed by atoms with van der Waals surface area (Å²) in [4.78, 5) is 35.6. The van der Waals surface area contributed by atoms with Gasteiger partial charge in [0.25, 0.3) is 5.91 Å². The van der Waals surface area contributed by atoms with Crippen LogP contribution in [0.5, 0.6) is 0 Å². The lowest BCUT2D eigenvalue weighted by Crippen LogP contribution is -2.42. The van der Waals surface area contributed by atoms with Crippen LogP contribution < -0.4 is 11.1 Å². The van der Waals surface area contributed by atoms with Gasteiger partial charge in [-0.2, -0.15) is 0 Å². The van der Waals surface area contributed by atoms with Crippen LogP contribution in [0.3, 0.4) is 0 Å². The zero-order valence-electron chi connectivity index (χ0n) is 11.4. The van der Waals surface area contributed by atoms with E-state index in [-0.39, 0.29) is 12.5 Å². The predicted octanol–water partition coefficient (Wildman–Crippen LogP) is 1.11. The number of carbonyl (C=O) groups is 3. The molecule has 0 bridgehead atoms. The van der Waals surface area contributed by atoms with E-state index in [2.05, 4.69) is 5.32 Å². The van der Waals surface area contributed by atoms with Gasteiger partial charge in [-0.25, -0.2) is 4.79 Å². The van der Waals surface area contributed by atoms with Crippen molar-refractivity contribution in [2.75, 3.05) is 18.4 Å². The van der Waals surface area contributed by atoms with Gasteiger partial charge < -0.3 is 21.1 Å². The number of hydrogen-bond donors (Lipinski definition) is 3. The number of likely N-dealkylation sites (tertiary alicyclic amines) is 1. The van der Waals surface area contributed by atoms with Crippen molar-refractivity contribution in [2.24, 2.45) is 11.7 Å². The zero-order valence-corrected chi connectivity index (χ0v) is 11.4. The van der Waals surface area contributed by atoms with Gasteiger partial charge in [0.05, 0.1) is 5.92 Å². The lowest BCUT2D eigenvalue weighted by Gasteiger charge is -2.30. The Morgan fingerprint density at radius 3 is 2.48 bits per heavy atom. The van der Waals surface area contributed by atoms with Crippen molar-refractivity contribution in [3.05, 3.63) is 29.8 Å². The number of aliphatic carboxylic acids is 1. The molecule has 1 aliphatic rings. The van der Waals surface area contributed by atoms with Crippen molar-refractivity contribution in [2.45, 2.75) is 12.8 Å². The maximum absolute atomic E-state index is 12.3. The number of carboxylic acid groups (broad SMARTS) is 1. The molecule has 0 saturated carbocycles. The van der Waals surface area contributed by atoms with Gasteiger partial charge in [0.15, 0.2) is 0 Å². The number of urea groups is 1. The molecule has 1 heterocycles. The van der Waals surface area contributed by atoms with E-state index in [9.17, 15) is 14.4 Å². The normalized spacial score (nSPS) is 18.1. The van der Waals surface area contributed by atoms with Crippen molar-refractivity contribution in [1.82, 2.24) is 4.90 Å². The second-order valence-corrected chi connectivity index (χ2v) is 5.00. The van der Waals surface area contributed by atoms with Crippen LogP contribution in [0.25, 0.3) is 0 Å². The number of rotatable bonds is 3. The third-order valence-corrected chi connectivity index (χ3v) is 3.46. The minimum Gasteiger partial charge on any atom is -0.481 e. The summed E-state index contributed by atoms with van der Waals surface area (Å²) in [6, 6.07) is 5.65. The van der Waals surface area contributed by atoms with Crippen LogP contribution in [0, 0.1) is 5.92 Å². The monoisotopic (exact) mass is 291 g/mol. The fourth-order valence-corrected chi connectivity index (χ4v) is 2.38. The minimum absolute atomic E-state index is 0.202. The molecule has 0 aliphatic carbocycles. The number of piperidine rings is 1. The molecule has 1 aromatic carbocycles. The van der Waals surface area contributed by atoms with Crippen molar-refractivity contribution >= 4 is 23.6 Å². The van der Waals surface area contributed by atoms with Crippen molar-refractivity contribution in [3.8, 4) is 0 Å². The summed E-state index contributed by atoms with van der Waals surface area (Å²) < 4.78 is 0. The Balaban J connectivity index is 2.05. The topological polar surface area (TPSA) is 113 Å². The number of benzene rings is 1. The molecule has 0 radical (unpaired) electrons. The van der Waals surface area contributed by atoms with Crippen LogP contribution in [0.4, 0.5) is 10.5 Å². The Kier molecular flexibility index (Phi) is 4.42. The van der Waals surface area contributed by atoms with E-state index < -0.39 is 17.9 Å². The number of nitrogens with two attached hydrogens (primary N) is 1. The van der Waals surface area contributed by atoms with E-state index in [1.165, 1.54) is 0 Å². The SMILES string of the molecule is NC(=O)Nc1ccc(C(=O)N2CCC[C@H](C(=O)O)C2)cc1. The van der Waals surface area contributed by atoms with Crippen molar-refractivity contribution in [3.63, 3.8) is 0 Å². The van der Waals surface area contributed by atoms with Crippen LogP contribution >= 0.6 is 0 Å². The number of carboxylic acids is 1. The maximum Gasteiger partial charge on any atom is 0.316 e. The molecular formula is C14H17N3O4. The number of anilines is 1. The van der Waals surface area contributed by atoms with E-state index in [1.54, 1.807) is 29.2 Å². The predicted molar refractivity (Wildman–Crippen MR) is 75.9 cm³/mol. The Morgan fingerprint density at radius 2 is 1.90 bits per heavy atom. The molecule has 21 heavy (non-hydrogen) atoms. The summed E-state index contributed by atoms with van der Waals surface area (Å²) in [7, 11) is 0. The van der Waals surface area contributed by atoms with Gasteiger partial charge >= 0.3 is 12.0 Å². The molecule has 7 nitrogen and oxygen atoms in total. The van der Waals surface area contributed by atoms with E-state index in [1.807, 2.05) is 0 Å². The first kappa shape index (κ1) is 14.8. The van der Waals surface area contributed by atoms with Crippen LogP contribution in [-0.2, 0) is 4.79 Å². The molecule has 0 unspecified atom stereocenters. The second-order valence-electron chi connectivity index (χ2n) is 5.00. The van der Waals surface area contributed by atoms with Gasteiger partial charge in [0.1, 0.15) is 0 Å². The molecular weight excluding hydrogens is 274 g/mol. The first-order chi connectivity index (χ1) is 9.97. The summed E-state index contributed by atoms with van der Waals surface area (Å²) in [5, 5.41) is 11.4. The molecule has 0 spiro atoms. The molecule has 1 atom stereocenters. The van der Waals surface area contributed by atoms with Crippen LogP contribution in [-0.4, -0.2) is 41.0 Å². The summed E-state index contributed by atoms with van der Waals surface area (Å²) in [5.74, 6) is -1.57. The number of hydrogen-bond acceptors (Lipinski definition) is 3. The molecule has 1 aromatic rings. The molecule has 4 N–H and O–H groups in total. The lowest BCUT2D eigenvalue weighted by molar-refractivity contribution is -0.143. The fraction of sp³-hybridized carbons (Fsp3) is 0.357.